The first kappa shape index (κ1) is 16.2. The van der Waals surface area contributed by atoms with Crippen molar-refractivity contribution in [1.82, 2.24) is 15.3 Å². The van der Waals surface area contributed by atoms with Crippen molar-refractivity contribution >= 4 is 5.91 Å². The minimum atomic E-state index is -2.96. The lowest BCUT2D eigenvalue weighted by Gasteiger charge is -2.12. The zero-order valence-corrected chi connectivity index (χ0v) is 11.4. The number of halogens is 2. The van der Waals surface area contributed by atoms with Crippen molar-refractivity contribution < 1.29 is 18.7 Å². The van der Waals surface area contributed by atoms with Crippen LogP contribution in [0.25, 0.3) is 0 Å². The van der Waals surface area contributed by atoms with Gasteiger partial charge >= 0.3 is 0 Å². The van der Waals surface area contributed by atoms with E-state index in [9.17, 15) is 18.4 Å². The third-order valence-electron chi connectivity index (χ3n) is 2.66. The van der Waals surface area contributed by atoms with E-state index in [1.54, 1.807) is 0 Å². The molecular weight excluding hydrogens is 272 g/mol. The second-order valence-electron chi connectivity index (χ2n) is 4.68. The van der Waals surface area contributed by atoms with E-state index >= 15 is 0 Å². The number of aromatic amines is 1. The van der Waals surface area contributed by atoms with Gasteiger partial charge in [0.25, 0.3) is 17.9 Å². The summed E-state index contributed by atoms with van der Waals surface area (Å²) in [5.41, 5.74) is -0.664. The molecule has 1 aromatic rings. The fourth-order valence-electron chi connectivity index (χ4n) is 1.52. The molecule has 1 unspecified atom stereocenters. The maximum absolute atomic E-state index is 12.1. The number of nitrogens with one attached hydrogen (secondary N) is 2. The number of alkyl halides is 2. The third kappa shape index (κ3) is 3.83. The van der Waals surface area contributed by atoms with Gasteiger partial charge in [0, 0.05) is 12.5 Å². The summed E-state index contributed by atoms with van der Waals surface area (Å²) < 4.78 is 24.2. The third-order valence-corrected chi connectivity index (χ3v) is 2.66. The lowest BCUT2D eigenvalue weighted by molar-refractivity contribution is -0.00271. The predicted octanol–water partition coefficient (Wildman–Crippen LogP) is 0.558. The molecule has 0 aromatic carbocycles. The molecule has 3 N–H and O–H groups in total. The van der Waals surface area contributed by atoms with E-state index < -0.39 is 30.5 Å². The van der Waals surface area contributed by atoms with E-state index in [0.29, 0.717) is 5.82 Å². The maximum Gasteiger partial charge on any atom is 0.265 e. The molecule has 1 rings (SSSR count). The number of carbonyl (C=O) groups is 1. The van der Waals surface area contributed by atoms with E-state index in [1.807, 2.05) is 13.8 Å². The Bertz CT molecular complexity index is 543. The molecule has 1 heterocycles. The van der Waals surface area contributed by atoms with Crippen molar-refractivity contribution in [2.24, 2.45) is 0 Å². The molecule has 0 aliphatic heterocycles. The van der Waals surface area contributed by atoms with Gasteiger partial charge in [0.2, 0.25) is 0 Å². The molecule has 6 nitrogen and oxygen atoms in total. The number of aryl methyl sites for hydroxylation is 1. The van der Waals surface area contributed by atoms with Crippen LogP contribution in [0.15, 0.2) is 4.79 Å². The topological polar surface area (TPSA) is 95.1 Å². The molecule has 20 heavy (non-hydrogen) atoms. The lowest BCUT2D eigenvalue weighted by atomic mass is 10.1. The van der Waals surface area contributed by atoms with Crippen LogP contribution in [0.2, 0.25) is 0 Å². The Morgan fingerprint density at radius 2 is 2.05 bits per heavy atom. The average molecular weight is 289 g/mol. The van der Waals surface area contributed by atoms with E-state index in [1.165, 1.54) is 6.92 Å². The Morgan fingerprint density at radius 1 is 1.45 bits per heavy atom. The van der Waals surface area contributed by atoms with Crippen molar-refractivity contribution in [1.29, 1.82) is 0 Å². The fraction of sp³-hybridized carbons (Fsp3) is 0.583. The van der Waals surface area contributed by atoms with Gasteiger partial charge in [-0.3, -0.25) is 9.59 Å². The van der Waals surface area contributed by atoms with Crippen molar-refractivity contribution in [3.05, 3.63) is 27.4 Å². The highest BCUT2D eigenvalue weighted by molar-refractivity contribution is 5.94. The predicted molar refractivity (Wildman–Crippen MR) is 68.0 cm³/mol. The summed E-state index contributed by atoms with van der Waals surface area (Å²) >= 11 is 0. The van der Waals surface area contributed by atoms with Gasteiger partial charge in [-0.2, -0.15) is 0 Å². The van der Waals surface area contributed by atoms with Gasteiger partial charge in [-0.25, -0.2) is 13.8 Å². The van der Waals surface area contributed by atoms with Gasteiger partial charge in [0.05, 0.1) is 5.69 Å². The number of rotatable bonds is 5. The van der Waals surface area contributed by atoms with Gasteiger partial charge < -0.3 is 15.4 Å². The monoisotopic (exact) mass is 289 g/mol. The molecule has 0 aliphatic carbocycles. The van der Waals surface area contributed by atoms with Crippen molar-refractivity contribution in [2.45, 2.75) is 39.2 Å². The Kier molecular flexibility index (Phi) is 5.32. The Hall–Kier alpha value is -1.83. The van der Waals surface area contributed by atoms with Crippen LogP contribution < -0.4 is 10.9 Å². The van der Waals surface area contributed by atoms with Crippen molar-refractivity contribution in [3.8, 4) is 0 Å². The van der Waals surface area contributed by atoms with E-state index in [4.69, 9.17) is 5.11 Å². The van der Waals surface area contributed by atoms with Crippen LogP contribution in [0.1, 0.15) is 41.6 Å². The van der Waals surface area contributed by atoms with E-state index in [2.05, 4.69) is 15.3 Å². The first-order valence-corrected chi connectivity index (χ1v) is 6.09. The largest absolute Gasteiger partial charge is 0.385 e. The van der Waals surface area contributed by atoms with Gasteiger partial charge in [-0.1, -0.05) is 13.8 Å². The minimum absolute atomic E-state index is 0.0147. The van der Waals surface area contributed by atoms with Gasteiger partial charge in [0.1, 0.15) is 17.5 Å². The Labute approximate surface area is 114 Å². The molecule has 0 aliphatic rings. The zero-order chi connectivity index (χ0) is 15.4. The molecule has 0 fully saturated rings. The molecule has 1 aromatic heterocycles. The second kappa shape index (κ2) is 6.56. The first-order valence-electron chi connectivity index (χ1n) is 6.09. The maximum atomic E-state index is 12.1. The van der Waals surface area contributed by atoms with Crippen LogP contribution in [0.3, 0.4) is 0 Å². The lowest BCUT2D eigenvalue weighted by Crippen LogP contribution is -2.39. The molecule has 0 bridgehead atoms. The molecule has 0 saturated carbocycles. The standard InChI is InChI=1S/C12H17F2N3O3/c1-5(2)10-16-6(3)8(12(20)17-10)11(19)15-4-7(18)9(13)14/h5,7,9,18H,4H2,1-3H3,(H,15,19)(H,16,17,20). The van der Waals surface area contributed by atoms with Gasteiger partial charge in [0.15, 0.2) is 0 Å². The number of hydrogen-bond acceptors (Lipinski definition) is 4. The number of nitrogens with zero attached hydrogens (tertiary/aromatic N) is 1. The number of H-pyrrole nitrogens is 1. The summed E-state index contributed by atoms with van der Waals surface area (Å²) in [6.45, 7) is 4.51. The van der Waals surface area contributed by atoms with Gasteiger partial charge in [-0.05, 0) is 6.92 Å². The minimum Gasteiger partial charge on any atom is -0.385 e. The quantitative estimate of drug-likeness (QED) is 0.738. The number of amides is 1. The number of aromatic nitrogens is 2. The number of aliphatic hydroxyl groups is 1. The molecule has 0 radical (unpaired) electrons. The highest BCUT2D eigenvalue weighted by Crippen LogP contribution is 2.08. The Balaban J connectivity index is 2.92. The number of hydrogen-bond donors (Lipinski definition) is 3. The smallest absolute Gasteiger partial charge is 0.265 e. The molecule has 1 amide bonds. The van der Waals surface area contributed by atoms with Crippen LogP contribution in [0.4, 0.5) is 8.78 Å². The van der Waals surface area contributed by atoms with Crippen LogP contribution in [-0.2, 0) is 0 Å². The average Bonchev–Trinajstić information content (AvgIpc) is 2.34. The summed E-state index contributed by atoms with van der Waals surface area (Å²) in [4.78, 5) is 30.1. The highest BCUT2D eigenvalue weighted by atomic mass is 19.3. The molecule has 0 spiro atoms. The zero-order valence-electron chi connectivity index (χ0n) is 11.4. The van der Waals surface area contributed by atoms with Crippen LogP contribution in [0, 0.1) is 6.92 Å². The highest BCUT2D eigenvalue weighted by Gasteiger charge is 2.21. The molecular formula is C12H17F2N3O3. The first-order chi connectivity index (χ1) is 9.23. The van der Waals surface area contributed by atoms with E-state index in [-0.39, 0.29) is 17.2 Å². The summed E-state index contributed by atoms with van der Waals surface area (Å²) in [6, 6.07) is 0. The molecule has 0 saturated heterocycles. The summed E-state index contributed by atoms with van der Waals surface area (Å²) in [7, 11) is 0. The molecule has 8 heteroatoms. The summed E-state index contributed by atoms with van der Waals surface area (Å²) in [6.07, 6.45) is -4.93. The molecule has 1 atom stereocenters. The van der Waals surface area contributed by atoms with Crippen molar-refractivity contribution in [2.75, 3.05) is 6.54 Å². The van der Waals surface area contributed by atoms with Crippen molar-refractivity contribution in [3.63, 3.8) is 0 Å². The number of aliphatic hydroxyl groups excluding tert-OH is 1. The van der Waals surface area contributed by atoms with Gasteiger partial charge in [-0.15, -0.1) is 0 Å². The van der Waals surface area contributed by atoms with Crippen LogP contribution in [-0.4, -0.2) is 40.1 Å². The second-order valence-corrected chi connectivity index (χ2v) is 4.68. The number of carbonyl (C=O) groups excluding carboxylic acids is 1. The molecule has 112 valence electrons. The van der Waals surface area contributed by atoms with E-state index in [0.717, 1.165) is 0 Å². The summed E-state index contributed by atoms with van der Waals surface area (Å²) in [5, 5.41) is 11.0. The van der Waals surface area contributed by atoms with Crippen LogP contribution >= 0.6 is 0 Å². The fourth-order valence-corrected chi connectivity index (χ4v) is 1.52. The van der Waals surface area contributed by atoms with Crippen LogP contribution in [0.5, 0.6) is 0 Å². The normalized spacial score (nSPS) is 12.8. The Morgan fingerprint density at radius 3 is 2.50 bits per heavy atom. The summed E-state index contributed by atoms with van der Waals surface area (Å²) in [5.74, 6) is -0.415. The SMILES string of the molecule is Cc1nc(C(C)C)[nH]c(=O)c1C(=O)NCC(O)C(F)F.